The molecule has 0 saturated carbocycles. The van der Waals surface area contributed by atoms with Gasteiger partial charge in [-0.25, -0.2) is 4.98 Å². The van der Waals surface area contributed by atoms with E-state index in [2.05, 4.69) is 4.98 Å². The zero-order chi connectivity index (χ0) is 14.1. The number of aromatic nitrogens is 1. The number of benzene rings is 2. The summed E-state index contributed by atoms with van der Waals surface area (Å²) < 4.78 is 5.66. The average Bonchev–Trinajstić information content (AvgIpc) is 2.44. The van der Waals surface area contributed by atoms with Gasteiger partial charge in [-0.05, 0) is 17.5 Å². The van der Waals surface area contributed by atoms with Gasteiger partial charge in [0, 0.05) is 11.6 Å². The Morgan fingerprint density at radius 2 is 1.85 bits per heavy atom. The molecule has 3 aromatic rings. The van der Waals surface area contributed by atoms with Crippen LogP contribution in [0.15, 0.2) is 48.7 Å². The average molecular weight is 306 g/mol. The van der Waals surface area contributed by atoms with E-state index in [9.17, 15) is 5.11 Å². The molecular weight excluding hydrogens is 297 g/mol. The Balaban J connectivity index is 2.12. The van der Waals surface area contributed by atoms with E-state index >= 15 is 0 Å². The standard InChI is InChI=1S/C15H9Cl2NO2/c16-10-7-12(17)15(18-8-10)20-14-11-4-2-1-3-9(11)5-6-13(14)19/h1-8,19H. The van der Waals surface area contributed by atoms with E-state index in [1.165, 1.54) is 12.3 Å². The highest BCUT2D eigenvalue weighted by atomic mass is 35.5. The molecule has 1 aromatic heterocycles. The Hall–Kier alpha value is -1.97. The van der Waals surface area contributed by atoms with Gasteiger partial charge in [0.05, 0.1) is 5.02 Å². The van der Waals surface area contributed by atoms with Crippen LogP contribution in [0, 0.1) is 0 Å². The second-order valence-electron chi connectivity index (χ2n) is 4.18. The largest absolute Gasteiger partial charge is 0.504 e. The van der Waals surface area contributed by atoms with Crippen LogP contribution < -0.4 is 4.74 Å². The first kappa shape index (κ1) is 13.0. The van der Waals surface area contributed by atoms with Crippen LogP contribution in [0.4, 0.5) is 0 Å². The molecule has 0 aliphatic rings. The van der Waals surface area contributed by atoms with Crippen LogP contribution in [0.2, 0.25) is 10.0 Å². The molecule has 0 radical (unpaired) electrons. The number of pyridine rings is 1. The van der Waals surface area contributed by atoms with Gasteiger partial charge in [-0.2, -0.15) is 0 Å². The first-order valence-electron chi connectivity index (χ1n) is 5.85. The Bertz CT molecular complexity index is 790. The van der Waals surface area contributed by atoms with E-state index in [0.717, 1.165) is 10.8 Å². The molecule has 3 nitrogen and oxygen atoms in total. The van der Waals surface area contributed by atoms with Crippen LogP contribution >= 0.6 is 23.2 Å². The molecule has 5 heteroatoms. The number of aromatic hydroxyl groups is 1. The smallest absolute Gasteiger partial charge is 0.238 e. The summed E-state index contributed by atoms with van der Waals surface area (Å²) >= 11 is 11.8. The number of hydrogen-bond donors (Lipinski definition) is 1. The van der Waals surface area contributed by atoms with Gasteiger partial charge in [0.15, 0.2) is 11.5 Å². The van der Waals surface area contributed by atoms with E-state index in [0.29, 0.717) is 10.8 Å². The molecule has 0 saturated heterocycles. The van der Waals surface area contributed by atoms with Crippen molar-refractivity contribution in [3.8, 4) is 17.4 Å². The maximum absolute atomic E-state index is 9.99. The topological polar surface area (TPSA) is 42.4 Å². The summed E-state index contributed by atoms with van der Waals surface area (Å²) in [5.41, 5.74) is 0. The number of phenols is 1. The molecule has 20 heavy (non-hydrogen) atoms. The Morgan fingerprint density at radius 3 is 2.65 bits per heavy atom. The van der Waals surface area contributed by atoms with Crippen molar-refractivity contribution in [1.29, 1.82) is 0 Å². The van der Waals surface area contributed by atoms with Gasteiger partial charge in [0.2, 0.25) is 5.88 Å². The fourth-order valence-electron chi connectivity index (χ4n) is 1.91. The molecule has 100 valence electrons. The summed E-state index contributed by atoms with van der Waals surface area (Å²) in [7, 11) is 0. The predicted molar refractivity (Wildman–Crippen MR) is 79.9 cm³/mol. The summed E-state index contributed by atoms with van der Waals surface area (Å²) in [6.45, 7) is 0. The fraction of sp³-hybridized carbons (Fsp3) is 0. The van der Waals surface area contributed by atoms with Gasteiger partial charge in [-0.3, -0.25) is 0 Å². The molecule has 0 fully saturated rings. The second-order valence-corrected chi connectivity index (χ2v) is 5.02. The first-order valence-corrected chi connectivity index (χ1v) is 6.60. The number of hydrogen-bond acceptors (Lipinski definition) is 3. The molecule has 0 amide bonds. The van der Waals surface area contributed by atoms with Gasteiger partial charge in [-0.1, -0.05) is 53.5 Å². The number of ether oxygens (including phenoxy) is 1. The molecule has 0 unspecified atom stereocenters. The molecule has 1 heterocycles. The fourth-order valence-corrected chi connectivity index (χ4v) is 2.33. The monoisotopic (exact) mass is 305 g/mol. The summed E-state index contributed by atoms with van der Waals surface area (Å²) in [4.78, 5) is 4.02. The van der Waals surface area contributed by atoms with Crippen molar-refractivity contribution in [3.05, 3.63) is 58.7 Å². The van der Waals surface area contributed by atoms with Crippen molar-refractivity contribution in [2.75, 3.05) is 0 Å². The zero-order valence-corrected chi connectivity index (χ0v) is 11.7. The summed E-state index contributed by atoms with van der Waals surface area (Å²) in [5, 5.41) is 12.4. The third kappa shape index (κ3) is 2.38. The Labute approximate surface area is 125 Å². The van der Waals surface area contributed by atoms with Crippen LogP contribution in [0.25, 0.3) is 10.8 Å². The van der Waals surface area contributed by atoms with Crippen LogP contribution in [0.1, 0.15) is 0 Å². The lowest BCUT2D eigenvalue weighted by Gasteiger charge is -2.11. The minimum atomic E-state index is 0.0246. The molecule has 0 aliphatic heterocycles. The van der Waals surface area contributed by atoms with Crippen molar-refractivity contribution in [1.82, 2.24) is 4.98 Å². The first-order chi connectivity index (χ1) is 9.65. The van der Waals surface area contributed by atoms with E-state index in [1.54, 1.807) is 6.07 Å². The van der Waals surface area contributed by atoms with Crippen LogP contribution in [-0.4, -0.2) is 10.1 Å². The molecule has 2 aromatic carbocycles. The summed E-state index contributed by atoms with van der Waals surface area (Å²) in [6.07, 6.45) is 1.44. The highest BCUT2D eigenvalue weighted by Gasteiger charge is 2.12. The lowest BCUT2D eigenvalue weighted by atomic mass is 10.1. The number of nitrogens with zero attached hydrogens (tertiary/aromatic N) is 1. The van der Waals surface area contributed by atoms with E-state index < -0.39 is 0 Å². The SMILES string of the molecule is Oc1ccc2ccccc2c1Oc1ncc(Cl)cc1Cl. The number of fused-ring (bicyclic) bond motifs is 1. The van der Waals surface area contributed by atoms with Crippen molar-refractivity contribution in [2.45, 2.75) is 0 Å². The van der Waals surface area contributed by atoms with Gasteiger partial charge in [0.1, 0.15) is 5.02 Å². The van der Waals surface area contributed by atoms with Crippen molar-refractivity contribution in [3.63, 3.8) is 0 Å². The molecule has 0 aliphatic carbocycles. The van der Waals surface area contributed by atoms with E-state index in [-0.39, 0.29) is 16.7 Å². The minimum absolute atomic E-state index is 0.0246. The van der Waals surface area contributed by atoms with E-state index in [1.807, 2.05) is 30.3 Å². The maximum atomic E-state index is 9.99. The van der Waals surface area contributed by atoms with Gasteiger partial charge in [-0.15, -0.1) is 0 Å². The Kier molecular flexibility index (Phi) is 3.38. The van der Waals surface area contributed by atoms with Crippen LogP contribution in [0.5, 0.6) is 17.4 Å². The van der Waals surface area contributed by atoms with E-state index in [4.69, 9.17) is 27.9 Å². The highest BCUT2D eigenvalue weighted by molar-refractivity contribution is 6.35. The van der Waals surface area contributed by atoms with Crippen molar-refractivity contribution in [2.24, 2.45) is 0 Å². The Morgan fingerprint density at radius 1 is 1.05 bits per heavy atom. The van der Waals surface area contributed by atoms with Gasteiger partial charge in [0.25, 0.3) is 0 Å². The quantitative estimate of drug-likeness (QED) is 0.721. The van der Waals surface area contributed by atoms with Crippen molar-refractivity contribution < 1.29 is 9.84 Å². The second kappa shape index (κ2) is 5.19. The minimum Gasteiger partial charge on any atom is -0.504 e. The third-order valence-corrected chi connectivity index (χ3v) is 3.31. The molecule has 0 atom stereocenters. The van der Waals surface area contributed by atoms with Gasteiger partial charge < -0.3 is 9.84 Å². The normalized spacial score (nSPS) is 10.7. The maximum Gasteiger partial charge on any atom is 0.238 e. The number of phenolic OH excluding ortho intramolecular Hbond substituents is 1. The summed E-state index contributed by atoms with van der Waals surface area (Å²) in [6, 6.07) is 12.5. The number of rotatable bonds is 2. The molecular formula is C15H9Cl2NO2. The van der Waals surface area contributed by atoms with Gasteiger partial charge >= 0.3 is 0 Å². The molecule has 0 spiro atoms. The highest BCUT2D eigenvalue weighted by Crippen LogP contribution is 2.39. The lowest BCUT2D eigenvalue weighted by molar-refractivity contribution is 0.407. The molecule has 3 rings (SSSR count). The zero-order valence-electron chi connectivity index (χ0n) is 10.2. The third-order valence-electron chi connectivity index (χ3n) is 2.83. The molecule has 0 bridgehead atoms. The van der Waals surface area contributed by atoms with Crippen molar-refractivity contribution >= 4 is 34.0 Å². The predicted octanol–water partition coefficient (Wildman–Crippen LogP) is 5.04. The number of halogens is 2. The molecule has 1 N–H and O–H groups in total. The lowest BCUT2D eigenvalue weighted by Crippen LogP contribution is -1.90. The van der Waals surface area contributed by atoms with Crippen LogP contribution in [0.3, 0.4) is 0 Å². The summed E-state index contributed by atoms with van der Waals surface area (Å²) in [5.74, 6) is 0.541. The van der Waals surface area contributed by atoms with Crippen LogP contribution in [-0.2, 0) is 0 Å².